The number of carbonyl (C=O) groups excluding carboxylic acids is 1. The molecule has 0 bridgehead atoms. The lowest BCUT2D eigenvalue weighted by atomic mass is 10.0. The highest BCUT2D eigenvalue weighted by atomic mass is 16.2. The van der Waals surface area contributed by atoms with E-state index in [9.17, 15) is 9.59 Å². The predicted octanol–water partition coefficient (Wildman–Crippen LogP) is 2.22. The molecule has 0 spiro atoms. The minimum absolute atomic E-state index is 0.0386. The van der Waals surface area contributed by atoms with Crippen LogP contribution in [0.1, 0.15) is 39.7 Å². The summed E-state index contributed by atoms with van der Waals surface area (Å²) in [6.07, 6.45) is 1.76. The molecule has 2 heterocycles. The molecule has 1 aliphatic rings. The lowest BCUT2D eigenvalue weighted by Crippen LogP contribution is -2.50. The topological polar surface area (TPSA) is 61.3 Å². The second-order valence-electron chi connectivity index (χ2n) is 7.30. The van der Waals surface area contributed by atoms with Gasteiger partial charge in [-0.2, -0.15) is 0 Å². The Morgan fingerprint density at radius 1 is 1.20 bits per heavy atom. The number of amides is 1. The number of benzene rings is 1. The SMILES string of the molecule is CC(C(=O)N(C)C(C)C)N1CCC(n2c(=O)[nH]c3ccccc32)CC1. The summed E-state index contributed by atoms with van der Waals surface area (Å²) in [5, 5.41) is 0. The standard InChI is InChI=1S/C19H28N4O2/c1-13(2)21(4)18(24)14(3)22-11-9-15(10-12-22)23-17-8-6-5-7-16(17)20-19(23)25/h5-8,13-15H,9-12H2,1-4H3,(H,20,25). The van der Waals surface area contributed by atoms with E-state index in [1.54, 1.807) is 4.90 Å². The van der Waals surface area contributed by atoms with E-state index in [0.717, 1.165) is 37.0 Å². The van der Waals surface area contributed by atoms with Crippen molar-refractivity contribution in [1.29, 1.82) is 0 Å². The first kappa shape index (κ1) is 17.7. The molecule has 1 aromatic heterocycles. The summed E-state index contributed by atoms with van der Waals surface area (Å²) in [6, 6.07) is 8.09. The molecule has 6 nitrogen and oxygen atoms in total. The van der Waals surface area contributed by atoms with E-state index in [0.29, 0.717) is 0 Å². The average Bonchev–Trinajstić information content (AvgIpc) is 2.95. The first-order chi connectivity index (χ1) is 11.9. The van der Waals surface area contributed by atoms with Gasteiger partial charge in [-0.05, 0) is 45.7 Å². The van der Waals surface area contributed by atoms with Gasteiger partial charge in [0, 0.05) is 32.2 Å². The van der Waals surface area contributed by atoms with E-state index >= 15 is 0 Å². The van der Waals surface area contributed by atoms with Crippen LogP contribution < -0.4 is 5.69 Å². The Hall–Kier alpha value is -2.08. The molecular weight excluding hydrogens is 316 g/mol. The Balaban J connectivity index is 1.70. The molecule has 1 fully saturated rings. The van der Waals surface area contributed by atoms with Crippen molar-refractivity contribution in [1.82, 2.24) is 19.4 Å². The van der Waals surface area contributed by atoms with Crippen molar-refractivity contribution >= 4 is 16.9 Å². The highest BCUT2D eigenvalue weighted by molar-refractivity contribution is 5.81. The fourth-order valence-electron chi connectivity index (χ4n) is 3.67. The minimum Gasteiger partial charge on any atom is -0.342 e. The molecule has 3 rings (SSSR count). The van der Waals surface area contributed by atoms with Gasteiger partial charge in [0.2, 0.25) is 5.91 Å². The molecule has 136 valence electrons. The van der Waals surface area contributed by atoms with Gasteiger partial charge < -0.3 is 9.88 Å². The van der Waals surface area contributed by atoms with Crippen LogP contribution in [0.25, 0.3) is 11.0 Å². The van der Waals surface area contributed by atoms with Crippen LogP contribution in [0.4, 0.5) is 0 Å². The highest BCUT2D eigenvalue weighted by Crippen LogP contribution is 2.26. The second-order valence-corrected chi connectivity index (χ2v) is 7.30. The number of hydrogen-bond acceptors (Lipinski definition) is 3. The average molecular weight is 344 g/mol. The molecule has 2 aromatic rings. The maximum Gasteiger partial charge on any atom is 0.326 e. The zero-order chi connectivity index (χ0) is 18.1. The Labute approximate surface area is 148 Å². The molecule has 1 saturated heterocycles. The number of H-pyrrole nitrogens is 1. The van der Waals surface area contributed by atoms with Crippen molar-refractivity contribution in [2.24, 2.45) is 0 Å². The lowest BCUT2D eigenvalue weighted by Gasteiger charge is -2.37. The van der Waals surface area contributed by atoms with Crippen molar-refractivity contribution < 1.29 is 4.79 Å². The number of hydrogen-bond donors (Lipinski definition) is 1. The van der Waals surface area contributed by atoms with Crippen LogP contribution in [0.2, 0.25) is 0 Å². The summed E-state index contributed by atoms with van der Waals surface area (Å²) in [6.45, 7) is 7.70. The number of nitrogens with zero attached hydrogens (tertiary/aromatic N) is 3. The fourth-order valence-corrected chi connectivity index (χ4v) is 3.67. The third-order valence-corrected chi connectivity index (χ3v) is 5.52. The summed E-state index contributed by atoms with van der Waals surface area (Å²) < 4.78 is 1.89. The molecular formula is C19H28N4O2. The summed E-state index contributed by atoms with van der Waals surface area (Å²) in [5.74, 6) is 0.165. The van der Waals surface area contributed by atoms with Gasteiger partial charge in [0.1, 0.15) is 0 Å². The maximum absolute atomic E-state index is 12.5. The van der Waals surface area contributed by atoms with Gasteiger partial charge in [0.25, 0.3) is 0 Å². The van der Waals surface area contributed by atoms with Crippen LogP contribution in [0.15, 0.2) is 29.1 Å². The smallest absolute Gasteiger partial charge is 0.326 e. The van der Waals surface area contributed by atoms with Crippen molar-refractivity contribution in [2.75, 3.05) is 20.1 Å². The molecule has 1 N–H and O–H groups in total. The fraction of sp³-hybridized carbons (Fsp3) is 0.579. The quantitative estimate of drug-likeness (QED) is 0.925. The van der Waals surface area contributed by atoms with Crippen molar-refractivity contribution in [3.63, 3.8) is 0 Å². The van der Waals surface area contributed by atoms with Crippen molar-refractivity contribution in [3.8, 4) is 0 Å². The summed E-state index contributed by atoms with van der Waals surface area (Å²) in [7, 11) is 1.86. The number of fused-ring (bicyclic) bond motifs is 1. The van der Waals surface area contributed by atoms with Gasteiger partial charge in [0.15, 0.2) is 0 Å². The van der Waals surface area contributed by atoms with Crippen molar-refractivity contribution in [3.05, 3.63) is 34.7 Å². The van der Waals surface area contributed by atoms with Gasteiger partial charge in [0.05, 0.1) is 17.1 Å². The molecule has 0 saturated carbocycles. The molecule has 1 aromatic carbocycles. The molecule has 25 heavy (non-hydrogen) atoms. The van der Waals surface area contributed by atoms with E-state index in [1.165, 1.54) is 0 Å². The van der Waals surface area contributed by atoms with Crippen LogP contribution in [0.3, 0.4) is 0 Å². The lowest BCUT2D eigenvalue weighted by molar-refractivity contribution is -0.137. The maximum atomic E-state index is 12.5. The number of aromatic amines is 1. The van der Waals surface area contributed by atoms with Gasteiger partial charge in [-0.3, -0.25) is 14.3 Å². The Bertz CT molecular complexity index is 799. The third-order valence-electron chi connectivity index (χ3n) is 5.52. The van der Waals surface area contributed by atoms with Crippen molar-refractivity contribution in [2.45, 2.75) is 51.7 Å². The first-order valence-corrected chi connectivity index (χ1v) is 9.10. The minimum atomic E-state index is -0.118. The number of imidazole rings is 1. The molecule has 6 heteroatoms. The monoisotopic (exact) mass is 344 g/mol. The van der Waals surface area contributed by atoms with Gasteiger partial charge in [-0.25, -0.2) is 4.79 Å². The molecule has 1 unspecified atom stereocenters. The molecule has 1 atom stereocenters. The molecule has 1 aliphatic heterocycles. The third kappa shape index (κ3) is 3.35. The Kier molecular flexibility index (Phi) is 4.99. The number of likely N-dealkylation sites (N-methyl/N-ethyl adjacent to an activating group) is 1. The number of aromatic nitrogens is 2. The highest BCUT2D eigenvalue weighted by Gasteiger charge is 2.30. The molecule has 1 amide bonds. The summed E-state index contributed by atoms with van der Waals surface area (Å²) >= 11 is 0. The summed E-state index contributed by atoms with van der Waals surface area (Å²) in [5.41, 5.74) is 1.81. The van der Waals surface area contributed by atoms with Crippen LogP contribution in [0, 0.1) is 0 Å². The van der Waals surface area contributed by atoms with E-state index in [4.69, 9.17) is 0 Å². The van der Waals surface area contributed by atoms with Gasteiger partial charge >= 0.3 is 5.69 Å². The Morgan fingerprint density at radius 2 is 1.84 bits per heavy atom. The molecule has 0 aliphatic carbocycles. The first-order valence-electron chi connectivity index (χ1n) is 9.10. The zero-order valence-electron chi connectivity index (χ0n) is 15.5. The largest absolute Gasteiger partial charge is 0.342 e. The van der Waals surface area contributed by atoms with E-state index in [-0.39, 0.29) is 29.7 Å². The van der Waals surface area contributed by atoms with E-state index < -0.39 is 0 Å². The van der Waals surface area contributed by atoms with E-state index in [1.807, 2.05) is 56.7 Å². The number of nitrogens with one attached hydrogen (secondary N) is 1. The summed E-state index contributed by atoms with van der Waals surface area (Å²) in [4.78, 5) is 31.9. The predicted molar refractivity (Wildman–Crippen MR) is 99.8 cm³/mol. The number of carbonyl (C=O) groups is 1. The van der Waals surface area contributed by atoms with Crippen LogP contribution in [-0.2, 0) is 4.79 Å². The number of piperidine rings is 1. The van der Waals surface area contributed by atoms with Crippen LogP contribution in [0.5, 0.6) is 0 Å². The number of para-hydroxylation sites is 2. The molecule has 0 radical (unpaired) electrons. The number of rotatable bonds is 4. The van der Waals surface area contributed by atoms with Gasteiger partial charge in [-0.15, -0.1) is 0 Å². The number of likely N-dealkylation sites (tertiary alicyclic amines) is 1. The van der Waals surface area contributed by atoms with Gasteiger partial charge in [-0.1, -0.05) is 12.1 Å². The van der Waals surface area contributed by atoms with E-state index in [2.05, 4.69) is 9.88 Å². The van der Waals surface area contributed by atoms with Crippen LogP contribution in [-0.4, -0.2) is 57.5 Å². The normalized spacial score (nSPS) is 18.0. The second kappa shape index (κ2) is 7.04. The zero-order valence-corrected chi connectivity index (χ0v) is 15.5. The Morgan fingerprint density at radius 3 is 2.48 bits per heavy atom. The van der Waals surface area contributed by atoms with Crippen LogP contribution >= 0.6 is 0 Å².